The Kier molecular flexibility index (Phi) is 5.41. The van der Waals surface area contributed by atoms with Gasteiger partial charge in [0.1, 0.15) is 0 Å². The van der Waals surface area contributed by atoms with Crippen LogP contribution >= 0.6 is 11.6 Å². The first kappa shape index (κ1) is 14.9. The third kappa shape index (κ3) is 3.97. The molecule has 20 heavy (non-hydrogen) atoms. The van der Waals surface area contributed by atoms with Crippen molar-refractivity contribution in [2.75, 3.05) is 19.0 Å². The zero-order chi connectivity index (χ0) is 14.4. The van der Waals surface area contributed by atoms with E-state index in [1.807, 2.05) is 35.2 Å². The second-order valence-corrected chi connectivity index (χ2v) is 5.32. The quantitative estimate of drug-likeness (QED) is 0.864. The fraction of sp³-hybridized carbons (Fsp3) is 0.467. The third-order valence-electron chi connectivity index (χ3n) is 3.49. The number of halogens is 1. The summed E-state index contributed by atoms with van der Waals surface area (Å²) in [7, 11) is 0. The lowest BCUT2D eigenvalue weighted by Crippen LogP contribution is -2.46. The molecule has 5 heteroatoms. The Labute approximate surface area is 124 Å². The zero-order valence-electron chi connectivity index (χ0n) is 11.3. The predicted octanol–water partition coefficient (Wildman–Crippen LogP) is 2.04. The summed E-state index contributed by atoms with van der Waals surface area (Å²) in [5.41, 5.74) is 0.720. The van der Waals surface area contributed by atoms with Crippen molar-refractivity contribution in [3.63, 3.8) is 0 Å². The minimum atomic E-state index is -0.00663. The van der Waals surface area contributed by atoms with Crippen LogP contribution in [0.15, 0.2) is 30.3 Å². The molecule has 0 aliphatic carbocycles. The van der Waals surface area contributed by atoms with Gasteiger partial charge >= 0.3 is 0 Å². The molecule has 1 aliphatic rings. The minimum absolute atomic E-state index is 0.00663. The SMILES string of the molecule is O=C(CCCl)NC1CCN(C(=O)c2ccccc2)CC1. The van der Waals surface area contributed by atoms with Crippen LogP contribution in [0.25, 0.3) is 0 Å². The van der Waals surface area contributed by atoms with Crippen molar-refractivity contribution in [2.24, 2.45) is 0 Å². The van der Waals surface area contributed by atoms with Crippen LogP contribution in [0.3, 0.4) is 0 Å². The number of hydrogen-bond acceptors (Lipinski definition) is 2. The molecule has 0 spiro atoms. The van der Waals surface area contributed by atoms with Gasteiger partial charge in [0.15, 0.2) is 0 Å². The molecule has 1 N–H and O–H groups in total. The van der Waals surface area contributed by atoms with Crippen LogP contribution in [0.2, 0.25) is 0 Å². The summed E-state index contributed by atoms with van der Waals surface area (Å²) in [6.07, 6.45) is 1.95. The van der Waals surface area contributed by atoms with Crippen LogP contribution in [0.5, 0.6) is 0 Å². The molecule has 0 bridgehead atoms. The normalized spacial score (nSPS) is 15.9. The van der Waals surface area contributed by atoms with E-state index in [0.717, 1.165) is 18.4 Å². The molecule has 2 amide bonds. The number of nitrogens with one attached hydrogen (secondary N) is 1. The Hall–Kier alpha value is -1.55. The van der Waals surface area contributed by atoms with E-state index < -0.39 is 0 Å². The van der Waals surface area contributed by atoms with E-state index in [2.05, 4.69) is 5.32 Å². The van der Waals surface area contributed by atoms with Gasteiger partial charge in [-0.2, -0.15) is 0 Å². The van der Waals surface area contributed by atoms with Crippen LogP contribution in [0, 0.1) is 0 Å². The number of likely N-dealkylation sites (tertiary alicyclic amines) is 1. The first-order chi connectivity index (χ1) is 9.70. The number of carbonyl (C=O) groups excluding carboxylic acids is 2. The fourth-order valence-electron chi connectivity index (χ4n) is 2.38. The van der Waals surface area contributed by atoms with E-state index in [1.54, 1.807) is 0 Å². The molecule has 108 valence electrons. The van der Waals surface area contributed by atoms with E-state index in [9.17, 15) is 9.59 Å². The molecule has 1 fully saturated rings. The molecule has 0 aromatic heterocycles. The number of benzene rings is 1. The number of piperidine rings is 1. The van der Waals surface area contributed by atoms with E-state index >= 15 is 0 Å². The highest BCUT2D eigenvalue weighted by Gasteiger charge is 2.24. The van der Waals surface area contributed by atoms with Gasteiger partial charge in [-0.1, -0.05) is 18.2 Å². The molecular formula is C15H19ClN2O2. The molecular weight excluding hydrogens is 276 g/mol. The highest BCUT2D eigenvalue weighted by atomic mass is 35.5. The number of nitrogens with zero attached hydrogens (tertiary/aromatic N) is 1. The van der Waals surface area contributed by atoms with E-state index in [1.165, 1.54) is 0 Å². The van der Waals surface area contributed by atoms with Gasteiger partial charge in [-0.3, -0.25) is 9.59 Å². The topological polar surface area (TPSA) is 49.4 Å². The van der Waals surface area contributed by atoms with E-state index in [-0.39, 0.29) is 17.9 Å². The zero-order valence-corrected chi connectivity index (χ0v) is 12.1. The molecule has 1 aromatic carbocycles. The maximum atomic E-state index is 12.3. The van der Waals surface area contributed by atoms with Crippen molar-refractivity contribution >= 4 is 23.4 Å². The largest absolute Gasteiger partial charge is 0.353 e. The number of carbonyl (C=O) groups is 2. The second-order valence-electron chi connectivity index (χ2n) is 4.94. The Morgan fingerprint density at radius 3 is 2.45 bits per heavy atom. The van der Waals surface area contributed by atoms with Crippen molar-refractivity contribution in [3.8, 4) is 0 Å². The summed E-state index contributed by atoms with van der Waals surface area (Å²) < 4.78 is 0. The van der Waals surface area contributed by atoms with Gasteiger partial charge in [0, 0.05) is 37.0 Å². The smallest absolute Gasteiger partial charge is 0.253 e. The fourth-order valence-corrected chi connectivity index (χ4v) is 2.55. The lowest BCUT2D eigenvalue weighted by atomic mass is 10.0. The van der Waals surface area contributed by atoms with Gasteiger partial charge in [-0.25, -0.2) is 0 Å². The molecule has 0 radical (unpaired) electrons. The van der Waals surface area contributed by atoms with Gasteiger partial charge < -0.3 is 10.2 Å². The third-order valence-corrected chi connectivity index (χ3v) is 3.68. The summed E-state index contributed by atoms with van der Waals surface area (Å²) >= 11 is 5.53. The summed E-state index contributed by atoms with van der Waals surface area (Å²) in [4.78, 5) is 25.6. The van der Waals surface area contributed by atoms with E-state index in [4.69, 9.17) is 11.6 Å². The summed E-state index contributed by atoms with van der Waals surface area (Å²) in [5, 5.41) is 2.96. The Balaban J connectivity index is 1.82. The van der Waals surface area contributed by atoms with Crippen LogP contribution in [0.1, 0.15) is 29.6 Å². The van der Waals surface area contributed by atoms with Crippen LogP contribution in [-0.2, 0) is 4.79 Å². The molecule has 1 saturated heterocycles. The van der Waals surface area contributed by atoms with Crippen molar-refractivity contribution in [1.29, 1.82) is 0 Å². The van der Waals surface area contributed by atoms with E-state index in [0.29, 0.717) is 25.4 Å². The standard InChI is InChI=1S/C15H19ClN2O2/c16-9-6-14(19)17-13-7-10-18(11-8-13)15(20)12-4-2-1-3-5-12/h1-5,13H,6-11H2,(H,17,19). The van der Waals surface area contributed by atoms with Crippen molar-refractivity contribution < 1.29 is 9.59 Å². The molecule has 1 aliphatic heterocycles. The summed E-state index contributed by atoms with van der Waals surface area (Å²) in [5.74, 6) is 0.404. The lowest BCUT2D eigenvalue weighted by Gasteiger charge is -2.32. The number of alkyl halides is 1. The molecule has 2 rings (SSSR count). The summed E-state index contributed by atoms with van der Waals surface area (Å²) in [6, 6.07) is 9.45. The highest BCUT2D eigenvalue weighted by molar-refractivity contribution is 6.18. The second kappa shape index (κ2) is 7.29. The Bertz CT molecular complexity index is 456. The molecule has 1 aromatic rings. The van der Waals surface area contributed by atoms with Crippen LogP contribution in [0.4, 0.5) is 0 Å². The number of hydrogen-bond donors (Lipinski definition) is 1. The van der Waals surface area contributed by atoms with Gasteiger partial charge in [-0.05, 0) is 25.0 Å². The van der Waals surface area contributed by atoms with Gasteiger partial charge in [0.2, 0.25) is 5.91 Å². The van der Waals surface area contributed by atoms with Gasteiger partial charge in [-0.15, -0.1) is 11.6 Å². The molecule has 0 atom stereocenters. The molecule has 1 heterocycles. The van der Waals surface area contributed by atoms with Crippen LogP contribution < -0.4 is 5.32 Å². The van der Waals surface area contributed by atoms with Crippen molar-refractivity contribution in [2.45, 2.75) is 25.3 Å². The maximum absolute atomic E-state index is 12.3. The summed E-state index contributed by atoms with van der Waals surface area (Å²) in [6.45, 7) is 1.36. The maximum Gasteiger partial charge on any atom is 0.253 e. The first-order valence-corrected chi connectivity index (χ1v) is 7.44. The van der Waals surface area contributed by atoms with Crippen molar-refractivity contribution in [1.82, 2.24) is 10.2 Å². The molecule has 4 nitrogen and oxygen atoms in total. The number of amides is 2. The molecule has 0 unspecified atom stereocenters. The molecule has 0 saturated carbocycles. The minimum Gasteiger partial charge on any atom is -0.353 e. The van der Waals surface area contributed by atoms with Gasteiger partial charge in [0.25, 0.3) is 5.91 Å². The predicted molar refractivity (Wildman–Crippen MR) is 78.8 cm³/mol. The Morgan fingerprint density at radius 1 is 1.20 bits per heavy atom. The number of rotatable bonds is 4. The van der Waals surface area contributed by atoms with Crippen molar-refractivity contribution in [3.05, 3.63) is 35.9 Å². The monoisotopic (exact) mass is 294 g/mol. The average molecular weight is 295 g/mol. The lowest BCUT2D eigenvalue weighted by molar-refractivity contribution is -0.121. The Morgan fingerprint density at radius 2 is 1.85 bits per heavy atom. The van der Waals surface area contributed by atoms with Gasteiger partial charge in [0.05, 0.1) is 0 Å². The highest BCUT2D eigenvalue weighted by Crippen LogP contribution is 2.14. The first-order valence-electron chi connectivity index (χ1n) is 6.90. The average Bonchev–Trinajstić information content (AvgIpc) is 2.48. The van der Waals surface area contributed by atoms with Crippen LogP contribution in [-0.4, -0.2) is 41.7 Å².